The third-order valence-corrected chi connectivity index (χ3v) is 6.62. The van der Waals surface area contributed by atoms with Crippen molar-refractivity contribution in [1.29, 1.82) is 0 Å². The summed E-state index contributed by atoms with van der Waals surface area (Å²) in [7, 11) is -0.942. The maximum Gasteiger partial charge on any atom is 0.225 e. The lowest BCUT2D eigenvalue weighted by molar-refractivity contribution is -0.117. The zero-order valence-electron chi connectivity index (χ0n) is 14.5. The fourth-order valence-corrected chi connectivity index (χ4v) is 5.34. The highest BCUT2D eigenvalue weighted by atomic mass is 35.5. The summed E-state index contributed by atoms with van der Waals surface area (Å²) < 4.78 is 13.7. The van der Waals surface area contributed by atoms with Crippen molar-refractivity contribution in [2.75, 3.05) is 5.32 Å². The summed E-state index contributed by atoms with van der Waals surface area (Å²) in [5, 5.41) is 8.28. The van der Waals surface area contributed by atoms with Gasteiger partial charge >= 0.3 is 0 Å². The van der Waals surface area contributed by atoms with Gasteiger partial charge in [0.2, 0.25) is 5.91 Å². The number of nitrogens with zero attached hydrogens (tertiary/aromatic N) is 2. The molecule has 1 aromatic carbocycles. The molecule has 1 amide bonds. The van der Waals surface area contributed by atoms with Gasteiger partial charge in [-0.1, -0.05) is 36.9 Å². The van der Waals surface area contributed by atoms with E-state index in [1.165, 1.54) is 19.3 Å². The Bertz CT molecular complexity index is 858. The molecule has 1 N–H and O–H groups in total. The fourth-order valence-electron chi connectivity index (χ4n) is 3.89. The second-order valence-corrected chi connectivity index (χ2v) is 9.04. The summed E-state index contributed by atoms with van der Waals surface area (Å²) in [6.45, 7) is 0. The minimum absolute atomic E-state index is 0.0144. The van der Waals surface area contributed by atoms with Crippen molar-refractivity contribution in [2.24, 2.45) is 5.92 Å². The van der Waals surface area contributed by atoms with Gasteiger partial charge in [0.25, 0.3) is 0 Å². The van der Waals surface area contributed by atoms with Crippen LogP contribution in [0.2, 0.25) is 5.02 Å². The van der Waals surface area contributed by atoms with Crippen LogP contribution in [0.25, 0.3) is 5.69 Å². The molecule has 7 heteroatoms. The molecule has 0 bridgehead atoms. The van der Waals surface area contributed by atoms with E-state index in [1.807, 2.05) is 18.2 Å². The number of halogens is 1. The number of hydrogen-bond acceptors (Lipinski definition) is 3. The summed E-state index contributed by atoms with van der Waals surface area (Å²) >= 11 is 6.12. The normalized spacial score (nSPS) is 20.1. The molecular weight excluding hydrogens is 370 g/mol. The van der Waals surface area contributed by atoms with Crippen molar-refractivity contribution in [3.8, 4) is 5.69 Å². The highest BCUT2D eigenvalue weighted by Crippen LogP contribution is 2.33. The zero-order valence-corrected chi connectivity index (χ0v) is 16.1. The molecule has 1 aromatic heterocycles. The van der Waals surface area contributed by atoms with E-state index >= 15 is 0 Å². The number of carbonyl (C=O) groups excluding carboxylic acids is 1. The van der Waals surface area contributed by atoms with Crippen LogP contribution >= 0.6 is 11.6 Å². The molecular formula is C19H22ClN3O2S. The fraction of sp³-hybridized carbons (Fsp3) is 0.474. The maximum atomic E-state index is 12.7. The van der Waals surface area contributed by atoms with Gasteiger partial charge in [-0.15, -0.1) is 0 Å². The molecule has 5 nitrogen and oxygen atoms in total. The van der Waals surface area contributed by atoms with E-state index in [-0.39, 0.29) is 5.91 Å². The van der Waals surface area contributed by atoms with Gasteiger partial charge in [0.15, 0.2) is 0 Å². The van der Waals surface area contributed by atoms with Crippen molar-refractivity contribution in [1.82, 2.24) is 9.78 Å². The molecule has 26 heavy (non-hydrogen) atoms. The molecule has 0 spiro atoms. The molecule has 0 radical (unpaired) electrons. The number of nitrogens with one attached hydrogen (secondary N) is 1. The standard InChI is InChI=1S/C19H22ClN3O2S/c20-14-7-4-8-15(10-14)23-19(16-11-26(25)12-17(16)22-23)21-18(24)9-13-5-2-1-3-6-13/h4,7-8,10,13H,1-3,5-6,9,11-12H2,(H,21,24)/t26-/m1/s1. The quantitative estimate of drug-likeness (QED) is 0.849. The number of carbonyl (C=O) groups is 1. The van der Waals surface area contributed by atoms with E-state index in [0.717, 1.165) is 29.8 Å². The smallest absolute Gasteiger partial charge is 0.225 e. The van der Waals surface area contributed by atoms with E-state index in [2.05, 4.69) is 10.4 Å². The average molecular weight is 392 g/mol. The third-order valence-electron chi connectivity index (χ3n) is 5.18. The first-order valence-electron chi connectivity index (χ1n) is 9.11. The Morgan fingerprint density at radius 2 is 2.08 bits per heavy atom. The minimum Gasteiger partial charge on any atom is -0.310 e. The molecule has 138 valence electrons. The van der Waals surface area contributed by atoms with Crippen molar-refractivity contribution >= 4 is 34.1 Å². The highest BCUT2D eigenvalue weighted by Gasteiger charge is 2.29. The lowest BCUT2D eigenvalue weighted by Crippen LogP contribution is -2.20. The SMILES string of the molecule is O=C(CC1CCCCC1)Nc1c2c(nn1-c1cccc(Cl)c1)C[S@](=O)C2. The first-order chi connectivity index (χ1) is 12.6. The molecule has 1 atom stereocenters. The molecule has 1 aliphatic heterocycles. The number of fused-ring (bicyclic) bond motifs is 1. The number of rotatable bonds is 4. The minimum atomic E-state index is -0.942. The molecule has 2 aliphatic rings. The number of anilines is 1. The summed E-state index contributed by atoms with van der Waals surface area (Å²) in [4.78, 5) is 12.7. The van der Waals surface area contributed by atoms with Crippen LogP contribution in [0.1, 0.15) is 49.8 Å². The first kappa shape index (κ1) is 17.7. The van der Waals surface area contributed by atoms with E-state index in [0.29, 0.717) is 34.7 Å². The van der Waals surface area contributed by atoms with Gasteiger partial charge in [-0.3, -0.25) is 9.00 Å². The van der Waals surface area contributed by atoms with Crippen molar-refractivity contribution in [2.45, 2.75) is 50.0 Å². The lowest BCUT2D eigenvalue weighted by Gasteiger charge is -2.21. The predicted octanol–water partition coefficient (Wildman–Crippen LogP) is 4.20. The van der Waals surface area contributed by atoms with Gasteiger partial charge in [-0.25, -0.2) is 4.68 Å². The zero-order chi connectivity index (χ0) is 18.1. The molecule has 4 rings (SSSR count). The monoisotopic (exact) mass is 391 g/mol. The molecule has 1 fully saturated rings. The molecule has 0 saturated heterocycles. The summed E-state index contributed by atoms with van der Waals surface area (Å²) in [6.07, 6.45) is 6.50. The van der Waals surface area contributed by atoms with E-state index < -0.39 is 10.8 Å². The van der Waals surface area contributed by atoms with Crippen molar-refractivity contribution in [3.63, 3.8) is 0 Å². The molecule has 0 unspecified atom stereocenters. The van der Waals surface area contributed by atoms with E-state index in [1.54, 1.807) is 10.7 Å². The Balaban J connectivity index is 1.61. The van der Waals surface area contributed by atoms with Crippen LogP contribution in [-0.2, 0) is 27.1 Å². The highest BCUT2D eigenvalue weighted by molar-refractivity contribution is 7.83. The molecule has 2 heterocycles. The third kappa shape index (κ3) is 3.71. The van der Waals surface area contributed by atoms with Crippen molar-refractivity contribution < 1.29 is 9.00 Å². The van der Waals surface area contributed by atoms with Crippen LogP contribution < -0.4 is 5.32 Å². The molecule has 2 aromatic rings. The van der Waals surface area contributed by atoms with Crippen LogP contribution in [0.3, 0.4) is 0 Å². The second-order valence-electron chi connectivity index (χ2n) is 7.15. The van der Waals surface area contributed by atoms with Gasteiger partial charge in [0, 0.05) is 27.8 Å². The Morgan fingerprint density at radius 1 is 1.27 bits per heavy atom. The Morgan fingerprint density at radius 3 is 2.85 bits per heavy atom. The van der Waals surface area contributed by atoms with Crippen LogP contribution in [0, 0.1) is 5.92 Å². The topological polar surface area (TPSA) is 64.0 Å². The van der Waals surface area contributed by atoms with Crippen molar-refractivity contribution in [3.05, 3.63) is 40.5 Å². The lowest BCUT2D eigenvalue weighted by atomic mass is 9.87. The maximum absolute atomic E-state index is 12.7. The van der Waals surface area contributed by atoms with Gasteiger partial charge in [-0.05, 0) is 37.0 Å². The second kappa shape index (κ2) is 7.53. The summed E-state index contributed by atoms with van der Waals surface area (Å²) in [5.74, 6) is 2.01. The number of amides is 1. The Kier molecular flexibility index (Phi) is 5.14. The Labute approximate surface area is 160 Å². The summed E-state index contributed by atoms with van der Waals surface area (Å²) in [5.41, 5.74) is 2.49. The number of hydrogen-bond donors (Lipinski definition) is 1. The van der Waals surface area contributed by atoms with Crippen LogP contribution in [0.4, 0.5) is 5.82 Å². The first-order valence-corrected chi connectivity index (χ1v) is 11.0. The summed E-state index contributed by atoms with van der Waals surface area (Å²) in [6, 6.07) is 7.38. The van der Waals surface area contributed by atoms with Gasteiger partial charge in [0.05, 0.1) is 22.9 Å². The van der Waals surface area contributed by atoms with Crippen LogP contribution in [0.15, 0.2) is 24.3 Å². The molecule has 1 saturated carbocycles. The largest absolute Gasteiger partial charge is 0.310 e. The van der Waals surface area contributed by atoms with E-state index in [4.69, 9.17) is 11.6 Å². The van der Waals surface area contributed by atoms with Gasteiger partial charge in [0.1, 0.15) is 5.82 Å². The van der Waals surface area contributed by atoms with E-state index in [9.17, 15) is 9.00 Å². The average Bonchev–Trinajstić information content (AvgIpc) is 3.13. The number of benzene rings is 1. The predicted molar refractivity (Wildman–Crippen MR) is 104 cm³/mol. The molecule has 1 aliphatic carbocycles. The van der Waals surface area contributed by atoms with Gasteiger partial charge in [-0.2, -0.15) is 5.10 Å². The van der Waals surface area contributed by atoms with Crippen LogP contribution in [-0.4, -0.2) is 19.9 Å². The number of aromatic nitrogens is 2. The Hall–Kier alpha value is -1.66. The van der Waals surface area contributed by atoms with Crippen LogP contribution in [0.5, 0.6) is 0 Å². The van der Waals surface area contributed by atoms with Gasteiger partial charge < -0.3 is 5.32 Å².